The lowest BCUT2D eigenvalue weighted by molar-refractivity contribution is -0.137. The zero-order chi connectivity index (χ0) is 12.3. The lowest BCUT2D eigenvalue weighted by atomic mass is 9.92. The molecular weight excluding hydrogens is 237 g/mol. The molecule has 0 N–H and O–H groups in total. The van der Waals surface area contributed by atoms with Crippen LogP contribution in [0, 0.1) is 0 Å². The van der Waals surface area contributed by atoms with Crippen molar-refractivity contribution >= 4 is 11.6 Å². The van der Waals surface area contributed by atoms with Gasteiger partial charge in [-0.05, 0) is 30.4 Å². The average Bonchev–Trinajstić information content (AvgIpc) is 2.20. The summed E-state index contributed by atoms with van der Waals surface area (Å²) in [6.07, 6.45) is -2.80. The molecule has 1 rings (SSSR count). The first-order chi connectivity index (χ1) is 7.41. The van der Waals surface area contributed by atoms with E-state index >= 15 is 0 Å². The molecule has 90 valence electrons. The van der Waals surface area contributed by atoms with Crippen molar-refractivity contribution in [1.82, 2.24) is 0 Å². The smallest absolute Gasteiger partial charge is 0.166 e. The number of rotatable bonds is 3. The molecule has 0 aliphatic carbocycles. The summed E-state index contributed by atoms with van der Waals surface area (Å²) in [6.45, 7) is 3.90. The van der Waals surface area contributed by atoms with Gasteiger partial charge in [-0.1, -0.05) is 37.6 Å². The molecule has 1 aromatic rings. The quantitative estimate of drug-likeness (QED) is 0.686. The van der Waals surface area contributed by atoms with Crippen molar-refractivity contribution in [3.05, 3.63) is 34.3 Å². The summed E-state index contributed by atoms with van der Waals surface area (Å²) >= 11 is 5.83. The van der Waals surface area contributed by atoms with Crippen LogP contribution in [0.3, 0.4) is 0 Å². The van der Waals surface area contributed by atoms with E-state index in [1.807, 2.05) is 13.8 Å². The maximum absolute atomic E-state index is 12.6. The van der Waals surface area contributed by atoms with Crippen molar-refractivity contribution in [2.24, 2.45) is 0 Å². The molecule has 0 unspecified atom stereocenters. The molecule has 0 nitrogen and oxygen atoms in total. The van der Waals surface area contributed by atoms with E-state index in [0.29, 0.717) is 5.56 Å². The summed E-state index contributed by atoms with van der Waals surface area (Å²) in [5.41, 5.74) is -0.139. The number of alkyl halides is 3. The Kier molecular flexibility index (Phi) is 4.25. The second-order valence-electron chi connectivity index (χ2n) is 3.72. The van der Waals surface area contributed by atoms with Crippen LogP contribution >= 0.6 is 11.6 Å². The van der Waals surface area contributed by atoms with Crippen LogP contribution in [0.2, 0.25) is 5.02 Å². The average molecular weight is 251 g/mol. The molecule has 0 amide bonds. The molecule has 1 aromatic carbocycles. The number of hydrogen-bond donors (Lipinski definition) is 0. The first kappa shape index (κ1) is 13.4. The van der Waals surface area contributed by atoms with E-state index in [-0.39, 0.29) is 10.9 Å². The molecule has 0 atom stereocenters. The Hall–Kier alpha value is -0.700. The predicted molar refractivity (Wildman–Crippen MR) is 59.8 cm³/mol. The van der Waals surface area contributed by atoms with Crippen LogP contribution in [0.4, 0.5) is 13.2 Å². The van der Waals surface area contributed by atoms with Gasteiger partial charge in [0, 0.05) is 0 Å². The fourth-order valence-electron chi connectivity index (χ4n) is 1.81. The summed E-state index contributed by atoms with van der Waals surface area (Å²) in [5, 5.41) is -0.149. The van der Waals surface area contributed by atoms with Crippen molar-refractivity contribution in [2.75, 3.05) is 0 Å². The minimum Gasteiger partial charge on any atom is -0.166 e. The lowest BCUT2D eigenvalue weighted by Crippen LogP contribution is -2.08. The highest BCUT2D eigenvalue weighted by molar-refractivity contribution is 6.32. The van der Waals surface area contributed by atoms with Crippen LogP contribution in [-0.4, -0.2) is 0 Å². The maximum atomic E-state index is 12.6. The Labute approximate surface area is 98.4 Å². The Bertz CT molecular complexity index is 354. The second-order valence-corrected chi connectivity index (χ2v) is 4.10. The molecule has 16 heavy (non-hydrogen) atoms. The van der Waals surface area contributed by atoms with Crippen molar-refractivity contribution in [1.29, 1.82) is 0 Å². The minimum atomic E-state index is -4.38. The van der Waals surface area contributed by atoms with Gasteiger partial charge in [0.15, 0.2) is 0 Å². The standard InChI is InChI=1S/C12H14ClF3/c1-3-8(4-2)9-6-5-7-10(11(9)13)12(14,15)16/h5-8H,3-4H2,1-2H3. The van der Waals surface area contributed by atoms with Gasteiger partial charge in [0.05, 0.1) is 10.6 Å². The predicted octanol–water partition coefficient (Wildman–Crippen LogP) is 5.26. The summed E-state index contributed by atoms with van der Waals surface area (Å²) in [4.78, 5) is 0. The number of hydrogen-bond acceptors (Lipinski definition) is 0. The van der Waals surface area contributed by atoms with E-state index in [4.69, 9.17) is 11.6 Å². The van der Waals surface area contributed by atoms with Gasteiger partial charge in [0.25, 0.3) is 0 Å². The Morgan fingerprint density at radius 1 is 1.19 bits per heavy atom. The minimum absolute atomic E-state index is 0.0924. The number of halogens is 4. The molecule has 0 fully saturated rings. The largest absolute Gasteiger partial charge is 0.417 e. The third-order valence-electron chi connectivity index (χ3n) is 2.76. The van der Waals surface area contributed by atoms with E-state index in [0.717, 1.165) is 18.9 Å². The fourth-order valence-corrected chi connectivity index (χ4v) is 2.20. The van der Waals surface area contributed by atoms with Gasteiger partial charge < -0.3 is 0 Å². The second kappa shape index (κ2) is 5.09. The van der Waals surface area contributed by atoms with Crippen LogP contribution in [-0.2, 0) is 6.18 Å². The molecular formula is C12H14ClF3. The Balaban J connectivity index is 3.23. The van der Waals surface area contributed by atoms with Gasteiger partial charge in [-0.25, -0.2) is 0 Å². The zero-order valence-corrected chi connectivity index (χ0v) is 9.99. The lowest BCUT2D eigenvalue weighted by Gasteiger charge is -2.18. The highest BCUT2D eigenvalue weighted by atomic mass is 35.5. The van der Waals surface area contributed by atoms with E-state index in [1.165, 1.54) is 6.07 Å². The first-order valence-corrected chi connectivity index (χ1v) is 5.65. The Morgan fingerprint density at radius 2 is 1.75 bits per heavy atom. The molecule has 0 spiro atoms. The van der Waals surface area contributed by atoms with Gasteiger partial charge in [0.2, 0.25) is 0 Å². The zero-order valence-electron chi connectivity index (χ0n) is 9.24. The first-order valence-electron chi connectivity index (χ1n) is 5.27. The van der Waals surface area contributed by atoms with Crippen LogP contribution in [0.5, 0.6) is 0 Å². The molecule has 0 heterocycles. The van der Waals surface area contributed by atoms with E-state index in [1.54, 1.807) is 6.07 Å². The highest BCUT2D eigenvalue weighted by Gasteiger charge is 2.34. The molecule has 0 bridgehead atoms. The highest BCUT2D eigenvalue weighted by Crippen LogP contribution is 2.39. The summed E-state index contributed by atoms with van der Waals surface area (Å²) in [5.74, 6) is 0.0924. The van der Waals surface area contributed by atoms with Crippen LogP contribution in [0.25, 0.3) is 0 Å². The fraction of sp³-hybridized carbons (Fsp3) is 0.500. The van der Waals surface area contributed by atoms with Gasteiger partial charge in [-0.2, -0.15) is 13.2 Å². The normalized spacial score (nSPS) is 12.2. The number of benzene rings is 1. The van der Waals surface area contributed by atoms with Gasteiger partial charge in [-0.3, -0.25) is 0 Å². The molecule has 0 radical (unpaired) electrons. The molecule has 0 aliphatic rings. The monoisotopic (exact) mass is 250 g/mol. The molecule has 0 aromatic heterocycles. The molecule has 0 saturated carbocycles. The van der Waals surface area contributed by atoms with Gasteiger partial charge in [-0.15, -0.1) is 0 Å². The van der Waals surface area contributed by atoms with Crippen LogP contribution < -0.4 is 0 Å². The summed E-state index contributed by atoms with van der Waals surface area (Å²) in [7, 11) is 0. The van der Waals surface area contributed by atoms with Crippen molar-refractivity contribution in [2.45, 2.75) is 38.8 Å². The molecule has 4 heteroatoms. The van der Waals surface area contributed by atoms with E-state index < -0.39 is 11.7 Å². The van der Waals surface area contributed by atoms with E-state index in [9.17, 15) is 13.2 Å². The third-order valence-corrected chi connectivity index (χ3v) is 3.18. The maximum Gasteiger partial charge on any atom is 0.417 e. The van der Waals surface area contributed by atoms with Crippen LogP contribution in [0.15, 0.2) is 18.2 Å². The van der Waals surface area contributed by atoms with Crippen LogP contribution in [0.1, 0.15) is 43.7 Å². The van der Waals surface area contributed by atoms with E-state index in [2.05, 4.69) is 0 Å². The van der Waals surface area contributed by atoms with Crippen molar-refractivity contribution in [3.8, 4) is 0 Å². The SMILES string of the molecule is CCC(CC)c1cccc(C(F)(F)F)c1Cl. The molecule has 0 saturated heterocycles. The summed E-state index contributed by atoms with van der Waals surface area (Å²) < 4.78 is 37.8. The summed E-state index contributed by atoms with van der Waals surface area (Å²) in [6, 6.07) is 4.12. The van der Waals surface area contributed by atoms with Crippen molar-refractivity contribution in [3.63, 3.8) is 0 Å². The molecule has 0 aliphatic heterocycles. The van der Waals surface area contributed by atoms with Crippen molar-refractivity contribution < 1.29 is 13.2 Å². The third kappa shape index (κ3) is 2.70. The Morgan fingerprint density at radius 3 is 2.19 bits per heavy atom. The van der Waals surface area contributed by atoms with Gasteiger partial charge in [0.1, 0.15) is 0 Å². The van der Waals surface area contributed by atoms with Gasteiger partial charge >= 0.3 is 6.18 Å². The topological polar surface area (TPSA) is 0 Å².